The number of nitrogens with zero attached hydrogens (tertiary/aromatic N) is 1. The van der Waals surface area contributed by atoms with Crippen molar-refractivity contribution in [2.45, 2.75) is 44.6 Å². The molecule has 1 heterocycles. The molecule has 0 radical (unpaired) electrons. The van der Waals surface area contributed by atoms with Gasteiger partial charge in [-0.05, 0) is 76.5 Å². The van der Waals surface area contributed by atoms with E-state index in [1.165, 1.54) is 0 Å². The fraction of sp³-hybridized carbons (Fsp3) is 0.600. The van der Waals surface area contributed by atoms with Crippen molar-refractivity contribution in [3.8, 4) is 0 Å². The van der Waals surface area contributed by atoms with Crippen LogP contribution in [0.15, 0.2) is 11.0 Å². The van der Waals surface area contributed by atoms with Gasteiger partial charge in [0.1, 0.15) is 0 Å². The third-order valence-electron chi connectivity index (χ3n) is 4.39. The topological polar surface area (TPSA) is 75.4 Å². The Kier molecular flexibility index (Phi) is 4.60. The normalized spacial score (nSPS) is 18.1. The van der Waals surface area contributed by atoms with Crippen LogP contribution in [0.1, 0.15) is 29.5 Å². The van der Waals surface area contributed by atoms with Gasteiger partial charge in [0, 0.05) is 11.7 Å². The average molecular weight is 311 g/mol. The van der Waals surface area contributed by atoms with Crippen LogP contribution in [0.4, 0.5) is 5.69 Å². The first kappa shape index (κ1) is 16.3. The zero-order valence-corrected chi connectivity index (χ0v) is 14.0. The molecule has 6 heteroatoms. The van der Waals surface area contributed by atoms with Crippen LogP contribution in [0.3, 0.4) is 0 Å². The molecule has 1 aromatic rings. The quantitative estimate of drug-likeness (QED) is 0.831. The molecule has 1 aromatic carbocycles. The molecular weight excluding hydrogens is 286 g/mol. The minimum atomic E-state index is -3.53. The third-order valence-corrected chi connectivity index (χ3v) is 6.18. The lowest BCUT2D eigenvalue weighted by Gasteiger charge is -2.29. The fourth-order valence-electron chi connectivity index (χ4n) is 2.85. The van der Waals surface area contributed by atoms with Gasteiger partial charge in [0.2, 0.25) is 10.0 Å². The summed E-state index contributed by atoms with van der Waals surface area (Å²) >= 11 is 0. The average Bonchev–Trinajstić information content (AvgIpc) is 2.39. The molecule has 0 amide bonds. The van der Waals surface area contributed by atoms with Crippen molar-refractivity contribution in [3.63, 3.8) is 0 Å². The summed E-state index contributed by atoms with van der Waals surface area (Å²) in [5, 5.41) is 0. The van der Waals surface area contributed by atoms with Gasteiger partial charge in [-0.3, -0.25) is 0 Å². The molecule has 118 valence electrons. The highest BCUT2D eigenvalue weighted by Crippen LogP contribution is 2.28. The van der Waals surface area contributed by atoms with Gasteiger partial charge in [-0.25, -0.2) is 13.1 Å². The van der Waals surface area contributed by atoms with E-state index >= 15 is 0 Å². The maximum Gasteiger partial charge on any atom is 0.241 e. The predicted octanol–water partition coefficient (Wildman–Crippen LogP) is 1.57. The van der Waals surface area contributed by atoms with Gasteiger partial charge in [-0.2, -0.15) is 0 Å². The Morgan fingerprint density at radius 1 is 1.19 bits per heavy atom. The maximum absolute atomic E-state index is 12.7. The summed E-state index contributed by atoms with van der Waals surface area (Å²) in [5.41, 5.74) is 8.79. The molecule has 2 rings (SSSR count). The zero-order chi connectivity index (χ0) is 15.8. The molecule has 1 fully saturated rings. The van der Waals surface area contributed by atoms with E-state index in [0.717, 1.165) is 37.1 Å². The molecule has 0 bridgehead atoms. The molecule has 0 saturated carbocycles. The van der Waals surface area contributed by atoms with Crippen molar-refractivity contribution >= 4 is 15.7 Å². The summed E-state index contributed by atoms with van der Waals surface area (Å²) in [4.78, 5) is 2.56. The van der Waals surface area contributed by atoms with Gasteiger partial charge in [0.15, 0.2) is 0 Å². The number of aryl methyl sites for hydroxylation is 1. The number of hydrogen-bond donors (Lipinski definition) is 2. The highest BCUT2D eigenvalue weighted by atomic mass is 32.2. The first-order valence-corrected chi connectivity index (χ1v) is 8.78. The third kappa shape index (κ3) is 3.39. The predicted molar refractivity (Wildman–Crippen MR) is 85.9 cm³/mol. The molecule has 0 spiro atoms. The van der Waals surface area contributed by atoms with Crippen LogP contribution in [0.5, 0.6) is 0 Å². The number of nitrogens with one attached hydrogen (secondary N) is 1. The van der Waals surface area contributed by atoms with E-state index in [-0.39, 0.29) is 6.04 Å². The molecule has 21 heavy (non-hydrogen) atoms. The molecular formula is C15H25N3O2S. The van der Waals surface area contributed by atoms with Crippen molar-refractivity contribution in [1.82, 2.24) is 9.62 Å². The number of anilines is 1. The second-order valence-electron chi connectivity index (χ2n) is 6.06. The minimum Gasteiger partial charge on any atom is -0.398 e. The molecule has 0 unspecified atom stereocenters. The number of hydrogen-bond acceptors (Lipinski definition) is 4. The molecule has 0 aliphatic carbocycles. The lowest BCUT2D eigenvalue weighted by molar-refractivity contribution is 0.248. The largest absolute Gasteiger partial charge is 0.398 e. The number of nitrogens with two attached hydrogens (primary N) is 1. The van der Waals surface area contributed by atoms with Gasteiger partial charge in [0.05, 0.1) is 4.90 Å². The van der Waals surface area contributed by atoms with Gasteiger partial charge in [-0.1, -0.05) is 0 Å². The standard InChI is InChI=1S/C15H25N3O2S/c1-10-9-14(16)12(3)15(11(10)2)21(19,20)17-13-5-7-18(4)8-6-13/h9,13,17H,5-8,16H2,1-4H3. The minimum absolute atomic E-state index is 0.00624. The van der Waals surface area contributed by atoms with Gasteiger partial charge in [-0.15, -0.1) is 0 Å². The Morgan fingerprint density at radius 2 is 1.76 bits per heavy atom. The Morgan fingerprint density at radius 3 is 2.33 bits per heavy atom. The molecule has 1 aliphatic rings. The summed E-state index contributed by atoms with van der Waals surface area (Å²) in [5.74, 6) is 0. The van der Waals surface area contributed by atoms with E-state index in [9.17, 15) is 8.42 Å². The molecule has 0 aromatic heterocycles. The maximum atomic E-state index is 12.7. The number of benzene rings is 1. The zero-order valence-electron chi connectivity index (χ0n) is 13.2. The van der Waals surface area contributed by atoms with Crippen LogP contribution in [0.25, 0.3) is 0 Å². The van der Waals surface area contributed by atoms with Crippen LogP contribution in [-0.4, -0.2) is 39.5 Å². The van der Waals surface area contributed by atoms with Crippen molar-refractivity contribution in [2.24, 2.45) is 0 Å². The summed E-state index contributed by atoms with van der Waals surface area (Å²) in [6.45, 7) is 7.33. The number of sulfonamides is 1. The SMILES string of the molecule is Cc1cc(N)c(C)c(S(=O)(=O)NC2CCN(C)CC2)c1C. The van der Waals surface area contributed by atoms with E-state index in [4.69, 9.17) is 5.73 Å². The Labute approximate surface area is 127 Å². The highest BCUT2D eigenvalue weighted by molar-refractivity contribution is 7.89. The molecule has 1 saturated heterocycles. The molecule has 3 N–H and O–H groups in total. The van der Waals surface area contributed by atoms with E-state index in [0.29, 0.717) is 16.1 Å². The summed E-state index contributed by atoms with van der Waals surface area (Å²) in [6, 6.07) is 1.84. The Balaban J connectivity index is 2.32. The highest BCUT2D eigenvalue weighted by Gasteiger charge is 2.27. The second-order valence-corrected chi connectivity index (χ2v) is 7.71. The first-order valence-electron chi connectivity index (χ1n) is 7.29. The van der Waals surface area contributed by atoms with Gasteiger partial charge >= 0.3 is 0 Å². The van der Waals surface area contributed by atoms with Crippen LogP contribution in [-0.2, 0) is 10.0 Å². The van der Waals surface area contributed by atoms with Crippen molar-refractivity contribution in [2.75, 3.05) is 25.9 Å². The van der Waals surface area contributed by atoms with E-state index in [2.05, 4.69) is 16.7 Å². The Hall–Kier alpha value is -1.11. The number of likely N-dealkylation sites (tertiary alicyclic amines) is 1. The first-order chi connectivity index (χ1) is 9.72. The van der Waals surface area contributed by atoms with Gasteiger partial charge < -0.3 is 10.6 Å². The molecule has 1 aliphatic heterocycles. The van der Waals surface area contributed by atoms with Crippen LogP contribution < -0.4 is 10.5 Å². The number of rotatable bonds is 3. The van der Waals surface area contributed by atoms with Crippen molar-refractivity contribution < 1.29 is 8.42 Å². The van der Waals surface area contributed by atoms with E-state index in [1.54, 1.807) is 6.92 Å². The van der Waals surface area contributed by atoms with E-state index < -0.39 is 10.0 Å². The van der Waals surface area contributed by atoms with Crippen molar-refractivity contribution in [3.05, 3.63) is 22.8 Å². The van der Waals surface area contributed by atoms with Gasteiger partial charge in [0.25, 0.3) is 0 Å². The fourth-order valence-corrected chi connectivity index (χ4v) is 4.73. The Bertz CT molecular complexity index is 607. The monoisotopic (exact) mass is 311 g/mol. The smallest absolute Gasteiger partial charge is 0.241 e. The number of nitrogen functional groups attached to an aromatic ring is 1. The van der Waals surface area contributed by atoms with Crippen LogP contribution in [0.2, 0.25) is 0 Å². The summed E-state index contributed by atoms with van der Waals surface area (Å²) < 4.78 is 28.4. The van der Waals surface area contributed by atoms with Crippen molar-refractivity contribution in [1.29, 1.82) is 0 Å². The lowest BCUT2D eigenvalue weighted by atomic mass is 10.1. The number of piperidine rings is 1. The van der Waals surface area contributed by atoms with Crippen LogP contribution >= 0.6 is 0 Å². The summed E-state index contributed by atoms with van der Waals surface area (Å²) in [7, 11) is -1.48. The van der Waals surface area contributed by atoms with Crippen LogP contribution in [0, 0.1) is 20.8 Å². The molecule has 0 atom stereocenters. The second kappa shape index (κ2) is 5.94. The summed E-state index contributed by atoms with van der Waals surface area (Å²) in [6.07, 6.45) is 1.68. The van der Waals surface area contributed by atoms with E-state index in [1.807, 2.05) is 19.9 Å². The molecule has 5 nitrogen and oxygen atoms in total. The lowest BCUT2D eigenvalue weighted by Crippen LogP contribution is -2.43.